The number of aromatic amines is 1. The average Bonchev–Trinajstić information content (AvgIpc) is 2.69. The molecule has 0 aliphatic heterocycles. The first-order chi connectivity index (χ1) is 7.28. The number of hydrogen-bond acceptors (Lipinski definition) is 3. The summed E-state index contributed by atoms with van der Waals surface area (Å²) < 4.78 is 1.74. The molecule has 0 fully saturated rings. The summed E-state index contributed by atoms with van der Waals surface area (Å²) >= 11 is 0. The zero-order valence-electron chi connectivity index (χ0n) is 8.40. The molecule has 2 aromatic heterocycles. The molecule has 0 saturated carbocycles. The first-order valence-corrected chi connectivity index (χ1v) is 4.78. The topological polar surface area (TPSA) is 62.7 Å². The highest BCUT2D eigenvalue weighted by Gasteiger charge is 1.98. The van der Waals surface area contributed by atoms with Crippen molar-refractivity contribution in [1.29, 1.82) is 0 Å². The van der Waals surface area contributed by atoms with Gasteiger partial charge in [-0.3, -0.25) is 14.9 Å². The summed E-state index contributed by atoms with van der Waals surface area (Å²) in [6.45, 7) is 1.94. The van der Waals surface area contributed by atoms with E-state index in [9.17, 15) is 4.79 Å². The van der Waals surface area contributed by atoms with Gasteiger partial charge in [0.1, 0.15) is 5.82 Å². The van der Waals surface area contributed by atoms with Crippen LogP contribution in [0.25, 0.3) is 0 Å². The molecule has 15 heavy (non-hydrogen) atoms. The van der Waals surface area contributed by atoms with Gasteiger partial charge in [-0.15, -0.1) is 0 Å². The highest BCUT2D eigenvalue weighted by Crippen LogP contribution is 2.00. The standard InChI is InChI=1S/C10H12N4O/c1-2-8-11-9(7-10(15)12-8)13-14-5-3-4-6-14/h3-7H,2H2,1H3,(H2,11,12,13,15). The van der Waals surface area contributed by atoms with Gasteiger partial charge in [-0.1, -0.05) is 6.92 Å². The van der Waals surface area contributed by atoms with Crippen molar-refractivity contribution in [2.45, 2.75) is 13.3 Å². The molecule has 0 aromatic carbocycles. The van der Waals surface area contributed by atoms with E-state index in [1.807, 2.05) is 31.5 Å². The molecule has 0 spiro atoms. The van der Waals surface area contributed by atoms with E-state index in [1.54, 1.807) is 4.68 Å². The molecule has 0 aliphatic carbocycles. The molecule has 2 N–H and O–H groups in total. The van der Waals surface area contributed by atoms with Gasteiger partial charge in [0.2, 0.25) is 0 Å². The Kier molecular flexibility index (Phi) is 2.53. The van der Waals surface area contributed by atoms with Crippen molar-refractivity contribution in [2.75, 3.05) is 5.43 Å². The molecule has 2 aromatic rings. The van der Waals surface area contributed by atoms with Crippen LogP contribution in [0.3, 0.4) is 0 Å². The van der Waals surface area contributed by atoms with E-state index in [0.29, 0.717) is 18.1 Å². The number of aryl methyl sites for hydroxylation is 1. The van der Waals surface area contributed by atoms with E-state index in [2.05, 4.69) is 15.4 Å². The van der Waals surface area contributed by atoms with Crippen LogP contribution in [0.5, 0.6) is 0 Å². The number of H-pyrrole nitrogens is 1. The van der Waals surface area contributed by atoms with Crippen LogP contribution in [0.4, 0.5) is 5.82 Å². The number of hydrogen-bond donors (Lipinski definition) is 2. The van der Waals surface area contributed by atoms with Crippen molar-refractivity contribution in [1.82, 2.24) is 14.6 Å². The van der Waals surface area contributed by atoms with Crippen LogP contribution >= 0.6 is 0 Å². The molecule has 2 heterocycles. The Morgan fingerprint density at radius 3 is 2.87 bits per heavy atom. The highest BCUT2D eigenvalue weighted by molar-refractivity contribution is 5.32. The molecule has 0 aliphatic rings. The Hall–Kier alpha value is -2.04. The molecule has 5 nitrogen and oxygen atoms in total. The molecule has 0 saturated heterocycles. The molecular weight excluding hydrogens is 192 g/mol. The third kappa shape index (κ3) is 2.25. The van der Waals surface area contributed by atoms with Crippen molar-refractivity contribution in [2.24, 2.45) is 0 Å². The van der Waals surface area contributed by atoms with Crippen molar-refractivity contribution in [3.63, 3.8) is 0 Å². The van der Waals surface area contributed by atoms with Crippen molar-refractivity contribution >= 4 is 5.82 Å². The van der Waals surface area contributed by atoms with Gasteiger partial charge in [-0.05, 0) is 12.1 Å². The highest BCUT2D eigenvalue weighted by atomic mass is 16.1. The first kappa shape index (κ1) is 9.51. The Balaban J connectivity index is 2.28. The third-order valence-electron chi connectivity index (χ3n) is 1.97. The number of anilines is 1. The fourth-order valence-corrected chi connectivity index (χ4v) is 1.27. The van der Waals surface area contributed by atoms with Gasteiger partial charge in [0.25, 0.3) is 5.56 Å². The van der Waals surface area contributed by atoms with Crippen molar-refractivity contribution in [3.8, 4) is 0 Å². The quantitative estimate of drug-likeness (QED) is 0.784. The lowest BCUT2D eigenvalue weighted by atomic mass is 10.4. The van der Waals surface area contributed by atoms with Gasteiger partial charge in [0, 0.05) is 24.9 Å². The number of rotatable bonds is 3. The summed E-state index contributed by atoms with van der Waals surface area (Å²) in [5.41, 5.74) is 2.84. The lowest BCUT2D eigenvalue weighted by Gasteiger charge is -2.06. The maximum absolute atomic E-state index is 11.3. The maximum atomic E-state index is 11.3. The van der Waals surface area contributed by atoms with E-state index in [-0.39, 0.29) is 5.56 Å². The Morgan fingerprint density at radius 2 is 2.20 bits per heavy atom. The van der Waals surface area contributed by atoms with Gasteiger partial charge in [0.05, 0.1) is 0 Å². The predicted octanol–water partition coefficient (Wildman–Crippen LogP) is 1.01. The third-order valence-corrected chi connectivity index (χ3v) is 1.97. The minimum absolute atomic E-state index is 0.142. The molecule has 0 amide bonds. The lowest BCUT2D eigenvalue weighted by Crippen LogP contribution is -2.15. The molecule has 0 atom stereocenters. The summed E-state index contributed by atoms with van der Waals surface area (Å²) in [5, 5.41) is 0. The Bertz CT molecular complexity index is 486. The Labute approximate surface area is 86.8 Å². The minimum Gasteiger partial charge on any atom is -0.310 e. The van der Waals surface area contributed by atoms with Crippen LogP contribution in [-0.2, 0) is 6.42 Å². The maximum Gasteiger partial charge on any atom is 0.253 e. The van der Waals surface area contributed by atoms with Gasteiger partial charge >= 0.3 is 0 Å². The van der Waals surface area contributed by atoms with Gasteiger partial charge in [-0.2, -0.15) is 0 Å². The molecule has 78 valence electrons. The van der Waals surface area contributed by atoms with Gasteiger partial charge < -0.3 is 4.98 Å². The van der Waals surface area contributed by atoms with Crippen LogP contribution in [0.2, 0.25) is 0 Å². The summed E-state index contributed by atoms with van der Waals surface area (Å²) in [4.78, 5) is 18.2. The normalized spacial score (nSPS) is 10.2. The zero-order chi connectivity index (χ0) is 10.7. The summed E-state index contributed by atoms with van der Waals surface area (Å²) in [6.07, 6.45) is 4.39. The molecule has 5 heteroatoms. The Morgan fingerprint density at radius 1 is 1.47 bits per heavy atom. The largest absolute Gasteiger partial charge is 0.310 e. The smallest absolute Gasteiger partial charge is 0.253 e. The van der Waals surface area contributed by atoms with Crippen LogP contribution in [0.15, 0.2) is 35.4 Å². The summed E-state index contributed by atoms with van der Waals surface area (Å²) in [5.74, 6) is 1.23. The second kappa shape index (κ2) is 4.00. The number of nitrogens with one attached hydrogen (secondary N) is 2. The van der Waals surface area contributed by atoms with Crippen LogP contribution in [0, 0.1) is 0 Å². The van der Waals surface area contributed by atoms with E-state index in [1.165, 1.54) is 6.07 Å². The van der Waals surface area contributed by atoms with Crippen LogP contribution in [-0.4, -0.2) is 14.6 Å². The van der Waals surface area contributed by atoms with Gasteiger partial charge in [-0.25, -0.2) is 4.98 Å². The second-order valence-electron chi connectivity index (χ2n) is 3.13. The first-order valence-electron chi connectivity index (χ1n) is 4.78. The monoisotopic (exact) mass is 204 g/mol. The molecule has 0 unspecified atom stereocenters. The fraction of sp³-hybridized carbons (Fsp3) is 0.200. The molecule has 0 radical (unpaired) electrons. The van der Waals surface area contributed by atoms with Crippen molar-refractivity contribution < 1.29 is 0 Å². The lowest BCUT2D eigenvalue weighted by molar-refractivity contribution is 0.888. The fourth-order valence-electron chi connectivity index (χ4n) is 1.27. The van der Waals surface area contributed by atoms with E-state index < -0.39 is 0 Å². The SMILES string of the molecule is CCc1nc(Nn2cccc2)cc(=O)[nH]1. The van der Waals surface area contributed by atoms with E-state index in [0.717, 1.165) is 0 Å². The van der Waals surface area contributed by atoms with Gasteiger partial charge in [0.15, 0.2) is 5.82 Å². The minimum atomic E-state index is -0.142. The van der Waals surface area contributed by atoms with E-state index >= 15 is 0 Å². The zero-order valence-corrected chi connectivity index (χ0v) is 8.40. The second-order valence-corrected chi connectivity index (χ2v) is 3.13. The van der Waals surface area contributed by atoms with Crippen LogP contribution < -0.4 is 11.0 Å². The molecule has 0 bridgehead atoms. The van der Waals surface area contributed by atoms with E-state index in [4.69, 9.17) is 0 Å². The number of nitrogens with zero attached hydrogens (tertiary/aromatic N) is 2. The molecule has 2 rings (SSSR count). The average molecular weight is 204 g/mol. The summed E-state index contributed by atoms with van der Waals surface area (Å²) in [7, 11) is 0. The summed E-state index contributed by atoms with van der Waals surface area (Å²) in [6, 6.07) is 5.21. The molecular formula is C10H12N4O. The van der Waals surface area contributed by atoms with Crippen LogP contribution in [0.1, 0.15) is 12.7 Å². The van der Waals surface area contributed by atoms with Crippen molar-refractivity contribution in [3.05, 3.63) is 46.8 Å². The number of aromatic nitrogens is 3. The predicted molar refractivity (Wildman–Crippen MR) is 57.7 cm³/mol.